The van der Waals surface area contributed by atoms with E-state index >= 15 is 0 Å². The average molecular weight is 255 g/mol. The van der Waals surface area contributed by atoms with Crippen molar-refractivity contribution in [2.45, 2.75) is 25.2 Å². The van der Waals surface area contributed by atoms with Crippen LogP contribution in [0.3, 0.4) is 0 Å². The lowest BCUT2D eigenvalue weighted by atomic mass is 9.94. The molecular formula is C13H21NO2S. The molecule has 1 unspecified atom stereocenters. The summed E-state index contributed by atoms with van der Waals surface area (Å²) in [6, 6.07) is 10.2. The fourth-order valence-electron chi connectivity index (χ4n) is 1.90. The van der Waals surface area contributed by atoms with Crippen LogP contribution in [0.1, 0.15) is 30.7 Å². The molecule has 0 heterocycles. The number of rotatable bonds is 7. The molecule has 96 valence electrons. The molecule has 17 heavy (non-hydrogen) atoms. The van der Waals surface area contributed by atoms with Gasteiger partial charge in [-0.25, -0.2) is 8.42 Å². The van der Waals surface area contributed by atoms with Gasteiger partial charge in [-0.05, 0) is 30.9 Å². The number of unbranched alkanes of at least 4 members (excludes halogenated alkanes) is 1. The Morgan fingerprint density at radius 1 is 1.18 bits per heavy atom. The van der Waals surface area contributed by atoms with Gasteiger partial charge in [0.25, 0.3) is 0 Å². The molecule has 1 atom stereocenters. The van der Waals surface area contributed by atoms with Crippen LogP contribution in [0.5, 0.6) is 0 Å². The summed E-state index contributed by atoms with van der Waals surface area (Å²) in [6.45, 7) is 0.614. The predicted molar refractivity (Wildman–Crippen MR) is 71.8 cm³/mol. The Hall–Kier alpha value is -0.870. The molecule has 0 aliphatic heterocycles. The van der Waals surface area contributed by atoms with E-state index in [-0.39, 0.29) is 5.75 Å². The molecule has 2 N–H and O–H groups in total. The maximum atomic E-state index is 11.0. The molecule has 0 bridgehead atoms. The summed E-state index contributed by atoms with van der Waals surface area (Å²) in [7, 11) is -2.82. The molecule has 0 saturated carbocycles. The number of benzene rings is 1. The minimum absolute atomic E-state index is 0.277. The van der Waals surface area contributed by atoms with Crippen LogP contribution in [0.4, 0.5) is 0 Å². The van der Waals surface area contributed by atoms with Crippen molar-refractivity contribution >= 4 is 9.84 Å². The number of hydrogen-bond donors (Lipinski definition) is 1. The third-order valence-corrected chi connectivity index (χ3v) is 3.90. The third-order valence-electron chi connectivity index (χ3n) is 2.87. The van der Waals surface area contributed by atoms with Gasteiger partial charge in [0, 0.05) is 12.0 Å². The van der Waals surface area contributed by atoms with Crippen LogP contribution >= 0.6 is 0 Å². The summed E-state index contributed by atoms with van der Waals surface area (Å²) in [5.41, 5.74) is 7.00. The van der Waals surface area contributed by atoms with Crippen LogP contribution in [0.25, 0.3) is 0 Å². The van der Waals surface area contributed by atoms with Gasteiger partial charge in [0.05, 0.1) is 0 Å². The molecule has 0 aromatic heterocycles. The molecule has 1 aromatic carbocycles. The largest absolute Gasteiger partial charge is 0.330 e. The number of nitrogens with two attached hydrogens (primary N) is 1. The minimum Gasteiger partial charge on any atom is -0.330 e. The molecule has 0 amide bonds. The van der Waals surface area contributed by atoms with E-state index < -0.39 is 9.84 Å². The first-order valence-electron chi connectivity index (χ1n) is 5.95. The van der Waals surface area contributed by atoms with Gasteiger partial charge in [-0.3, -0.25) is 0 Å². The quantitative estimate of drug-likeness (QED) is 0.757. The van der Waals surface area contributed by atoms with Gasteiger partial charge in [-0.15, -0.1) is 0 Å². The number of sulfone groups is 1. The monoisotopic (exact) mass is 255 g/mol. The van der Waals surface area contributed by atoms with E-state index in [4.69, 9.17) is 5.73 Å². The highest BCUT2D eigenvalue weighted by molar-refractivity contribution is 7.90. The highest BCUT2D eigenvalue weighted by Gasteiger charge is 2.09. The van der Waals surface area contributed by atoms with E-state index in [9.17, 15) is 8.42 Å². The summed E-state index contributed by atoms with van der Waals surface area (Å²) in [4.78, 5) is 0. The second-order valence-corrected chi connectivity index (χ2v) is 6.73. The van der Waals surface area contributed by atoms with Crippen LogP contribution in [-0.4, -0.2) is 27.0 Å². The van der Waals surface area contributed by atoms with Gasteiger partial charge < -0.3 is 5.73 Å². The van der Waals surface area contributed by atoms with Crippen molar-refractivity contribution in [1.82, 2.24) is 0 Å². The highest BCUT2D eigenvalue weighted by atomic mass is 32.2. The highest BCUT2D eigenvalue weighted by Crippen LogP contribution is 2.20. The zero-order valence-electron chi connectivity index (χ0n) is 10.3. The van der Waals surface area contributed by atoms with Gasteiger partial charge >= 0.3 is 0 Å². The summed E-state index contributed by atoms with van der Waals surface area (Å²) in [5.74, 6) is 0.620. The average Bonchev–Trinajstić information content (AvgIpc) is 2.29. The normalized spacial score (nSPS) is 13.5. The van der Waals surface area contributed by atoms with Gasteiger partial charge in [-0.1, -0.05) is 36.8 Å². The Kier molecular flexibility index (Phi) is 5.65. The first-order valence-corrected chi connectivity index (χ1v) is 8.01. The molecule has 0 fully saturated rings. The molecule has 0 saturated heterocycles. The first kappa shape index (κ1) is 14.2. The maximum Gasteiger partial charge on any atom is 0.147 e. The zero-order chi connectivity index (χ0) is 12.7. The van der Waals surface area contributed by atoms with Crippen molar-refractivity contribution in [1.29, 1.82) is 0 Å². The van der Waals surface area contributed by atoms with Crippen molar-refractivity contribution in [3.05, 3.63) is 35.9 Å². The van der Waals surface area contributed by atoms with E-state index in [1.807, 2.05) is 18.2 Å². The van der Waals surface area contributed by atoms with Gasteiger partial charge in [0.2, 0.25) is 0 Å². The molecule has 4 heteroatoms. The van der Waals surface area contributed by atoms with Crippen LogP contribution in [0.15, 0.2) is 30.3 Å². The third kappa shape index (κ3) is 5.84. The number of hydrogen-bond acceptors (Lipinski definition) is 3. The Labute approximate surface area is 104 Å². The van der Waals surface area contributed by atoms with Crippen LogP contribution in [-0.2, 0) is 9.84 Å². The molecule has 0 aliphatic carbocycles. The smallest absolute Gasteiger partial charge is 0.147 e. The summed E-state index contributed by atoms with van der Waals surface area (Å²) in [6.07, 6.45) is 3.87. The summed E-state index contributed by atoms with van der Waals surface area (Å²) < 4.78 is 22.0. The zero-order valence-corrected chi connectivity index (χ0v) is 11.1. The Bertz CT molecular complexity index is 414. The lowest BCUT2D eigenvalue weighted by Gasteiger charge is -2.14. The molecule has 1 rings (SSSR count). The van der Waals surface area contributed by atoms with Crippen molar-refractivity contribution in [3.8, 4) is 0 Å². The van der Waals surface area contributed by atoms with Crippen molar-refractivity contribution in [2.24, 2.45) is 5.73 Å². The minimum atomic E-state index is -2.82. The fraction of sp³-hybridized carbons (Fsp3) is 0.538. The predicted octanol–water partition coefficient (Wildman–Crippen LogP) is 1.94. The lowest BCUT2D eigenvalue weighted by Crippen LogP contribution is -2.13. The van der Waals surface area contributed by atoms with E-state index in [0.29, 0.717) is 12.5 Å². The van der Waals surface area contributed by atoms with Crippen LogP contribution in [0.2, 0.25) is 0 Å². The molecular weight excluding hydrogens is 234 g/mol. The van der Waals surface area contributed by atoms with E-state index in [2.05, 4.69) is 12.1 Å². The first-order chi connectivity index (χ1) is 8.03. The Morgan fingerprint density at radius 3 is 2.35 bits per heavy atom. The van der Waals surface area contributed by atoms with Gasteiger partial charge in [-0.2, -0.15) is 0 Å². The van der Waals surface area contributed by atoms with Crippen LogP contribution < -0.4 is 5.73 Å². The molecule has 0 radical (unpaired) electrons. The molecule has 0 spiro atoms. The summed E-state index contributed by atoms with van der Waals surface area (Å²) in [5, 5.41) is 0. The van der Waals surface area contributed by atoms with Crippen molar-refractivity contribution < 1.29 is 8.42 Å². The Morgan fingerprint density at radius 2 is 1.82 bits per heavy atom. The Balaban J connectivity index is 2.39. The van der Waals surface area contributed by atoms with Crippen molar-refractivity contribution in [3.63, 3.8) is 0 Å². The van der Waals surface area contributed by atoms with E-state index in [1.165, 1.54) is 11.8 Å². The SMILES string of the molecule is CS(=O)(=O)CCCCC(CN)c1ccccc1. The molecule has 0 aliphatic rings. The molecule has 1 aromatic rings. The van der Waals surface area contributed by atoms with Gasteiger partial charge in [0.15, 0.2) is 0 Å². The second-order valence-electron chi connectivity index (χ2n) is 4.47. The lowest BCUT2D eigenvalue weighted by molar-refractivity contribution is 0.576. The topological polar surface area (TPSA) is 60.2 Å². The van der Waals surface area contributed by atoms with E-state index in [0.717, 1.165) is 19.3 Å². The van der Waals surface area contributed by atoms with Crippen LogP contribution in [0, 0.1) is 0 Å². The summed E-state index contributed by atoms with van der Waals surface area (Å²) >= 11 is 0. The fourth-order valence-corrected chi connectivity index (χ4v) is 2.63. The van der Waals surface area contributed by atoms with Gasteiger partial charge in [0.1, 0.15) is 9.84 Å². The van der Waals surface area contributed by atoms with E-state index in [1.54, 1.807) is 0 Å². The second kappa shape index (κ2) is 6.77. The standard InChI is InChI=1S/C13H21NO2S/c1-17(15,16)10-6-5-9-13(11-14)12-7-3-2-4-8-12/h2-4,7-8,13H,5-6,9-11,14H2,1H3. The molecule has 3 nitrogen and oxygen atoms in total. The maximum absolute atomic E-state index is 11.0. The van der Waals surface area contributed by atoms with Crippen molar-refractivity contribution in [2.75, 3.05) is 18.6 Å².